The number of hydrogen-bond donors (Lipinski definition) is 0. The van der Waals surface area contributed by atoms with Gasteiger partial charge in [-0.2, -0.15) is 12.1 Å². The molecular weight excluding hydrogens is 826 g/mol. The average molecular weight is 871 g/mol. The van der Waals surface area contributed by atoms with Crippen molar-refractivity contribution in [1.82, 2.24) is 4.98 Å². The molecule has 0 spiro atoms. The SMILES string of the molecule is Cc1cc(Sc2[c-]c3c(cc2)C(C)(C)c2ccccc2N3c2cc(C(C)(C)C)ccn2)[c-]c(C2=N[C@]3(C)c4ccccc4C(C)(C)[C@]3(C)O2)c1.[Pt+2]. The second-order valence-corrected chi connectivity index (χ2v) is 17.6. The second-order valence-electron chi connectivity index (χ2n) is 16.5. The van der Waals surface area contributed by atoms with E-state index in [-0.39, 0.29) is 37.3 Å². The van der Waals surface area contributed by atoms with E-state index in [1.807, 2.05) is 6.20 Å². The molecule has 5 aromatic rings. The Morgan fingerprint density at radius 2 is 1.43 bits per heavy atom. The van der Waals surface area contributed by atoms with Gasteiger partial charge in [0.15, 0.2) is 0 Å². The number of pyridine rings is 1. The number of hydrogen-bond acceptors (Lipinski definition) is 5. The first-order chi connectivity index (χ1) is 23.5. The molecule has 0 saturated carbocycles. The number of benzene rings is 4. The molecule has 4 nitrogen and oxygen atoms in total. The zero-order valence-electron chi connectivity index (χ0n) is 31.1. The topological polar surface area (TPSA) is 37.7 Å². The number of nitrogens with zero attached hydrogens (tertiary/aromatic N) is 3. The zero-order chi connectivity index (χ0) is 35.4. The summed E-state index contributed by atoms with van der Waals surface area (Å²) < 4.78 is 6.94. The Balaban J connectivity index is 0.00000406. The van der Waals surface area contributed by atoms with Crippen LogP contribution in [0.3, 0.4) is 0 Å². The Bertz CT molecular complexity index is 2230. The summed E-state index contributed by atoms with van der Waals surface area (Å²) in [6, 6.07) is 38.1. The van der Waals surface area contributed by atoms with Crippen LogP contribution in [0.1, 0.15) is 101 Å². The van der Waals surface area contributed by atoms with E-state index in [0.29, 0.717) is 5.90 Å². The van der Waals surface area contributed by atoms with Gasteiger partial charge in [0.1, 0.15) is 22.9 Å². The molecular formula is C45H45N3OPtS. The van der Waals surface area contributed by atoms with Gasteiger partial charge >= 0.3 is 21.1 Å². The fourth-order valence-corrected chi connectivity index (χ4v) is 9.31. The first kappa shape index (κ1) is 35.7. The summed E-state index contributed by atoms with van der Waals surface area (Å²) in [5.41, 5.74) is 9.03. The van der Waals surface area contributed by atoms with Crippen LogP contribution in [0.25, 0.3) is 0 Å². The third kappa shape index (κ3) is 5.28. The Morgan fingerprint density at radius 3 is 2.16 bits per heavy atom. The largest absolute Gasteiger partial charge is 2.00 e. The minimum Gasteiger partial charge on any atom is -0.510 e. The van der Waals surface area contributed by atoms with Crippen molar-refractivity contribution in [3.8, 4) is 0 Å². The van der Waals surface area contributed by atoms with E-state index in [2.05, 4.69) is 171 Å². The molecule has 1 aliphatic carbocycles. The first-order valence-electron chi connectivity index (χ1n) is 17.6. The number of anilines is 3. The van der Waals surface area contributed by atoms with Crippen molar-refractivity contribution in [2.75, 3.05) is 4.90 Å². The van der Waals surface area contributed by atoms with Crippen LogP contribution in [0, 0.1) is 19.1 Å². The van der Waals surface area contributed by atoms with E-state index in [9.17, 15) is 0 Å². The summed E-state index contributed by atoms with van der Waals surface area (Å²) in [4.78, 5) is 14.6. The molecule has 0 fully saturated rings. The molecule has 3 aliphatic rings. The summed E-state index contributed by atoms with van der Waals surface area (Å²) in [5.74, 6) is 1.56. The van der Waals surface area contributed by atoms with Crippen LogP contribution in [0.2, 0.25) is 0 Å². The Labute approximate surface area is 322 Å². The average Bonchev–Trinajstić information content (AvgIpc) is 3.42. The molecule has 2 aliphatic heterocycles. The molecule has 2 atom stereocenters. The van der Waals surface area contributed by atoms with Crippen LogP contribution < -0.4 is 4.90 Å². The van der Waals surface area contributed by atoms with E-state index in [1.54, 1.807) is 11.8 Å². The van der Waals surface area contributed by atoms with Crippen molar-refractivity contribution in [2.24, 2.45) is 4.99 Å². The third-order valence-electron chi connectivity index (χ3n) is 11.8. The van der Waals surface area contributed by atoms with Crippen molar-refractivity contribution in [1.29, 1.82) is 0 Å². The van der Waals surface area contributed by atoms with Crippen molar-refractivity contribution in [2.45, 2.75) is 106 Å². The van der Waals surface area contributed by atoms with Gasteiger partial charge in [0.2, 0.25) is 0 Å². The monoisotopic (exact) mass is 870 g/mol. The van der Waals surface area contributed by atoms with Crippen LogP contribution in [-0.2, 0) is 47.6 Å². The van der Waals surface area contributed by atoms with Gasteiger partial charge in [0, 0.05) is 17.3 Å². The quantitative estimate of drug-likeness (QED) is 0.169. The molecule has 8 rings (SSSR count). The van der Waals surface area contributed by atoms with E-state index in [4.69, 9.17) is 14.7 Å². The molecule has 0 bridgehead atoms. The molecule has 0 saturated heterocycles. The van der Waals surface area contributed by atoms with Gasteiger partial charge in [0.25, 0.3) is 0 Å². The Hall–Kier alpha value is -3.66. The van der Waals surface area contributed by atoms with Crippen molar-refractivity contribution < 1.29 is 25.8 Å². The molecule has 262 valence electrons. The van der Waals surface area contributed by atoms with Crippen molar-refractivity contribution in [3.63, 3.8) is 0 Å². The van der Waals surface area contributed by atoms with E-state index < -0.39 is 11.1 Å². The molecule has 0 N–H and O–H groups in total. The van der Waals surface area contributed by atoms with E-state index in [0.717, 1.165) is 38.1 Å². The summed E-state index contributed by atoms with van der Waals surface area (Å²) in [6.45, 7) is 22.5. The Morgan fingerprint density at radius 1 is 0.745 bits per heavy atom. The van der Waals surface area contributed by atoms with Crippen LogP contribution in [0.5, 0.6) is 0 Å². The smallest absolute Gasteiger partial charge is 0.510 e. The fourth-order valence-electron chi connectivity index (χ4n) is 8.38. The minimum atomic E-state index is -0.527. The van der Waals surface area contributed by atoms with Gasteiger partial charge in [-0.05, 0) is 65.1 Å². The number of rotatable bonds is 4. The van der Waals surface area contributed by atoms with Crippen LogP contribution in [0.15, 0.2) is 106 Å². The predicted octanol–water partition coefficient (Wildman–Crippen LogP) is 11.3. The number of fused-ring (bicyclic) bond motifs is 5. The molecule has 0 radical (unpaired) electrons. The maximum absolute atomic E-state index is 6.94. The van der Waals surface area contributed by atoms with Crippen LogP contribution >= 0.6 is 11.8 Å². The van der Waals surface area contributed by atoms with Gasteiger partial charge < -0.3 is 9.64 Å². The van der Waals surface area contributed by atoms with Crippen LogP contribution in [0.4, 0.5) is 17.2 Å². The first-order valence-corrected chi connectivity index (χ1v) is 18.4. The summed E-state index contributed by atoms with van der Waals surface area (Å²) in [7, 11) is 0. The van der Waals surface area contributed by atoms with Gasteiger partial charge in [-0.15, -0.1) is 52.0 Å². The summed E-state index contributed by atoms with van der Waals surface area (Å²) in [6.07, 6.45) is 1.93. The maximum atomic E-state index is 6.94. The van der Waals surface area contributed by atoms with Gasteiger partial charge in [-0.3, -0.25) is 4.99 Å². The molecule has 0 amide bonds. The molecule has 0 unspecified atom stereocenters. The predicted molar refractivity (Wildman–Crippen MR) is 206 cm³/mol. The van der Waals surface area contributed by atoms with Crippen LogP contribution in [-0.4, -0.2) is 16.5 Å². The number of aryl methyl sites for hydroxylation is 1. The molecule has 4 aromatic carbocycles. The van der Waals surface area contributed by atoms with Gasteiger partial charge in [0.05, 0.1) is 0 Å². The fraction of sp³-hybridized carbons (Fsp3) is 0.333. The minimum absolute atomic E-state index is 0. The zero-order valence-corrected chi connectivity index (χ0v) is 34.2. The summed E-state index contributed by atoms with van der Waals surface area (Å²) >= 11 is 1.67. The third-order valence-corrected chi connectivity index (χ3v) is 12.7. The van der Waals surface area contributed by atoms with E-state index in [1.165, 1.54) is 27.8 Å². The normalized spacial score (nSPS) is 22.2. The Kier molecular flexibility index (Phi) is 8.36. The number of para-hydroxylation sites is 1. The number of aromatic nitrogens is 1. The van der Waals surface area contributed by atoms with E-state index >= 15 is 0 Å². The molecule has 51 heavy (non-hydrogen) atoms. The van der Waals surface area contributed by atoms with Crippen molar-refractivity contribution in [3.05, 3.63) is 142 Å². The standard InChI is InChI=1S/C45H45N3OS.Pt/c1-28-23-29(40-47-44(9)34-16-12-11-15-33(34)43(7,8)45(44,10)49-40)25-32(24-28)50-31-19-20-36-38(27-31)48(37-18-14-13-17-35(37)42(36,5)6)39-26-30(21-22-46-39)41(2,3)4;/h11-24,26H,1-10H3;/q-2;+2/t44-,45+;/m1./s1. The van der Waals surface area contributed by atoms with Gasteiger partial charge in [-0.25, -0.2) is 4.98 Å². The number of aliphatic imine (C=N–C) groups is 1. The number of ether oxygens (including phenoxy) is 1. The summed E-state index contributed by atoms with van der Waals surface area (Å²) in [5, 5.41) is 0. The van der Waals surface area contributed by atoms with Gasteiger partial charge in [-0.1, -0.05) is 114 Å². The molecule has 6 heteroatoms. The maximum Gasteiger partial charge on any atom is 2.00 e. The molecule has 1 aromatic heterocycles. The van der Waals surface area contributed by atoms with Crippen molar-refractivity contribution >= 4 is 34.9 Å². The molecule has 3 heterocycles. The second kappa shape index (κ2) is 11.9.